The largest absolute Gasteiger partial charge is 0.497 e. The predicted molar refractivity (Wildman–Crippen MR) is 116 cm³/mol. The summed E-state index contributed by atoms with van der Waals surface area (Å²) in [5.41, 5.74) is 1.24. The van der Waals surface area contributed by atoms with Crippen molar-refractivity contribution >= 4 is 17.4 Å². The summed E-state index contributed by atoms with van der Waals surface area (Å²) < 4.78 is 12.6. The number of hydrogen-bond donors (Lipinski definition) is 2. The van der Waals surface area contributed by atoms with E-state index in [1.165, 1.54) is 0 Å². The molecule has 2 aromatic carbocycles. The Kier molecular flexibility index (Phi) is 5.75. The lowest BCUT2D eigenvalue weighted by Crippen LogP contribution is -2.19. The van der Waals surface area contributed by atoms with Gasteiger partial charge in [-0.1, -0.05) is 6.07 Å². The third-order valence-electron chi connectivity index (χ3n) is 4.20. The zero-order chi connectivity index (χ0) is 21.6. The van der Waals surface area contributed by atoms with Crippen LogP contribution >= 0.6 is 0 Å². The van der Waals surface area contributed by atoms with Crippen LogP contribution in [0, 0.1) is 6.92 Å². The number of aromatic nitrogens is 4. The molecule has 31 heavy (non-hydrogen) atoms. The van der Waals surface area contributed by atoms with E-state index in [9.17, 15) is 4.79 Å². The maximum absolute atomic E-state index is 12.2. The highest BCUT2D eigenvalue weighted by atomic mass is 16.5. The van der Waals surface area contributed by atoms with Crippen LogP contribution in [0.25, 0.3) is 5.82 Å². The molecule has 0 radical (unpaired) electrons. The standard InChI is InChI=1S/C22H20N6O3/c1-15-24-20(28-12-4-11-23-28)14-21(25-15)31-18-9-7-16(8-10-18)26-22(29)27-17-5-3-6-19(13-17)30-2/h3-14H,1-2H3,(H2,26,27,29). The van der Waals surface area contributed by atoms with E-state index in [4.69, 9.17) is 9.47 Å². The van der Waals surface area contributed by atoms with Gasteiger partial charge in [0.15, 0.2) is 5.82 Å². The first-order valence-corrected chi connectivity index (χ1v) is 9.45. The summed E-state index contributed by atoms with van der Waals surface area (Å²) in [6, 6.07) is 17.2. The smallest absolute Gasteiger partial charge is 0.323 e. The van der Waals surface area contributed by atoms with Gasteiger partial charge in [0.25, 0.3) is 0 Å². The summed E-state index contributed by atoms with van der Waals surface area (Å²) in [5.74, 6) is 2.81. The minimum atomic E-state index is -0.364. The van der Waals surface area contributed by atoms with Gasteiger partial charge in [0, 0.05) is 35.9 Å². The first kappa shape index (κ1) is 19.9. The Labute approximate surface area is 178 Å². The van der Waals surface area contributed by atoms with E-state index >= 15 is 0 Å². The van der Waals surface area contributed by atoms with E-state index in [0.717, 1.165) is 0 Å². The molecule has 2 aromatic heterocycles. The number of hydrogen-bond acceptors (Lipinski definition) is 6. The van der Waals surface area contributed by atoms with Crippen LogP contribution in [0.1, 0.15) is 5.82 Å². The lowest BCUT2D eigenvalue weighted by atomic mass is 10.3. The van der Waals surface area contributed by atoms with E-state index in [1.807, 2.05) is 6.07 Å². The maximum Gasteiger partial charge on any atom is 0.323 e. The van der Waals surface area contributed by atoms with Crippen molar-refractivity contribution in [1.82, 2.24) is 19.7 Å². The highest BCUT2D eigenvalue weighted by Crippen LogP contribution is 2.23. The number of nitrogens with zero attached hydrogens (tertiary/aromatic N) is 4. The Hall–Kier alpha value is -4.40. The molecule has 0 saturated carbocycles. The first-order chi connectivity index (χ1) is 15.1. The second-order valence-corrected chi connectivity index (χ2v) is 6.50. The van der Waals surface area contributed by atoms with Crippen LogP contribution in [0.3, 0.4) is 0 Å². The second-order valence-electron chi connectivity index (χ2n) is 6.50. The Morgan fingerprint density at radius 3 is 2.48 bits per heavy atom. The minimum absolute atomic E-state index is 0.364. The number of carbonyl (C=O) groups is 1. The zero-order valence-electron chi connectivity index (χ0n) is 16.9. The topological polar surface area (TPSA) is 103 Å². The van der Waals surface area contributed by atoms with Crippen molar-refractivity contribution in [3.8, 4) is 23.2 Å². The minimum Gasteiger partial charge on any atom is -0.497 e. The molecule has 9 heteroatoms. The quantitative estimate of drug-likeness (QED) is 0.482. The number of ether oxygens (including phenoxy) is 2. The lowest BCUT2D eigenvalue weighted by Gasteiger charge is -2.10. The monoisotopic (exact) mass is 416 g/mol. The molecule has 156 valence electrons. The molecule has 0 bridgehead atoms. The number of aryl methyl sites for hydroxylation is 1. The van der Waals surface area contributed by atoms with Crippen molar-refractivity contribution in [2.45, 2.75) is 6.92 Å². The molecule has 9 nitrogen and oxygen atoms in total. The fourth-order valence-electron chi connectivity index (χ4n) is 2.82. The molecule has 2 N–H and O–H groups in total. The molecular formula is C22H20N6O3. The Balaban J connectivity index is 1.40. The molecule has 0 saturated heterocycles. The number of benzene rings is 2. The van der Waals surface area contributed by atoms with E-state index in [-0.39, 0.29) is 6.03 Å². The van der Waals surface area contributed by atoms with Crippen LogP contribution in [0.2, 0.25) is 0 Å². The number of anilines is 2. The molecule has 2 amide bonds. The summed E-state index contributed by atoms with van der Waals surface area (Å²) in [7, 11) is 1.57. The number of rotatable bonds is 6. The van der Waals surface area contributed by atoms with Crippen molar-refractivity contribution in [1.29, 1.82) is 0 Å². The predicted octanol–water partition coefficient (Wildman–Crippen LogP) is 4.42. The number of nitrogens with one attached hydrogen (secondary N) is 2. The van der Waals surface area contributed by atoms with Crippen molar-refractivity contribution in [3.05, 3.63) is 78.9 Å². The SMILES string of the molecule is COc1cccc(NC(=O)Nc2ccc(Oc3cc(-n4cccn4)nc(C)n3)cc2)c1. The molecule has 0 spiro atoms. The molecule has 0 fully saturated rings. The average molecular weight is 416 g/mol. The van der Waals surface area contributed by atoms with E-state index in [1.54, 1.807) is 85.7 Å². The molecular weight excluding hydrogens is 396 g/mol. The average Bonchev–Trinajstić information content (AvgIpc) is 3.30. The van der Waals surface area contributed by atoms with E-state index < -0.39 is 0 Å². The third kappa shape index (κ3) is 5.15. The highest BCUT2D eigenvalue weighted by molar-refractivity contribution is 5.99. The van der Waals surface area contributed by atoms with Crippen molar-refractivity contribution in [2.75, 3.05) is 17.7 Å². The van der Waals surface area contributed by atoms with Gasteiger partial charge in [-0.2, -0.15) is 10.1 Å². The van der Waals surface area contributed by atoms with E-state index in [2.05, 4.69) is 25.7 Å². The zero-order valence-corrected chi connectivity index (χ0v) is 16.9. The van der Waals surface area contributed by atoms with Crippen LogP contribution in [0.5, 0.6) is 17.4 Å². The fourth-order valence-corrected chi connectivity index (χ4v) is 2.82. The van der Waals surface area contributed by atoms with Gasteiger partial charge in [0.2, 0.25) is 5.88 Å². The van der Waals surface area contributed by atoms with Crippen molar-refractivity contribution in [3.63, 3.8) is 0 Å². The van der Waals surface area contributed by atoms with Crippen LogP contribution in [-0.2, 0) is 0 Å². The highest BCUT2D eigenvalue weighted by Gasteiger charge is 2.08. The molecule has 0 aliphatic heterocycles. The van der Waals surface area contributed by atoms with Gasteiger partial charge in [0.05, 0.1) is 7.11 Å². The summed E-state index contributed by atoms with van der Waals surface area (Å²) in [6.07, 6.45) is 3.47. The normalized spacial score (nSPS) is 10.4. The van der Waals surface area contributed by atoms with Gasteiger partial charge in [-0.3, -0.25) is 0 Å². The van der Waals surface area contributed by atoms with Crippen molar-refractivity contribution < 1.29 is 14.3 Å². The molecule has 2 heterocycles. The molecule has 0 aliphatic carbocycles. The molecule has 4 aromatic rings. The first-order valence-electron chi connectivity index (χ1n) is 9.45. The Morgan fingerprint density at radius 1 is 0.935 bits per heavy atom. The lowest BCUT2D eigenvalue weighted by molar-refractivity contribution is 0.262. The second kappa shape index (κ2) is 8.95. The number of carbonyl (C=O) groups excluding carboxylic acids is 1. The van der Waals surface area contributed by atoms with Crippen LogP contribution in [-0.4, -0.2) is 32.9 Å². The number of methoxy groups -OCH3 is 1. The van der Waals surface area contributed by atoms with Crippen molar-refractivity contribution in [2.24, 2.45) is 0 Å². The fraction of sp³-hybridized carbons (Fsp3) is 0.0909. The Bertz CT molecular complexity index is 1180. The molecule has 0 atom stereocenters. The summed E-state index contributed by atoms with van der Waals surface area (Å²) in [6.45, 7) is 1.79. The van der Waals surface area contributed by atoms with Gasteiger partial charge in [0.1, 0.15) is 17.3 Å². The molecule has 0 unspecified atom stereocenters. The number of amides is 2. The van der Waals surface area contributed by atoms with Gasteiger partial charge < -0.3 is 20.1 Å². The van der Waals surface area contributed by atoms with Crippen LogP contribution in [0.15, 0.2) is 73.1 Å². The van der Waals surface area contributed by atoms with Crippen LogP contribution in [0.4, 0.5) is 16.2 Å². The Morgan fingerprint density at radius 2 is 1.74 bits per heavy atom. The van der Waals surface area contributed by atoms with Gasteiger partial charge in [-0.05, 0) is 49.4 Å². The summed E-state index contributed by atoms with van der Waals surface area (Å²) >= 11 is 0. The van der Waals surface area contributed by atoms with Gasteiger partial charge in [-0.15, -0.1) is 0 Å². The summed E-state index contributed by atoms with van der Waals surface area (Å²) in [4.78, 5) is 20.9. The molecule has 0 aliphatic rings. The van der Waals surface area contributed by atoms with E-state index in [0.29, 0.717) is 40.4 Å². The summed E-state index contributed by atoms with van der Waals surface area (Å²) in [5, 5.41) is 9.70. The number of urea groups is 1. The molecule has 4 rings (SSSR count). The van der Waals surface area contributed by atoms with Crippen LogP contribution < -0.4 is 20.1 Å². The maximum atomic E-state index is 12.2. The third-order valence-corrected chi connectivity index (χ3v) is 4.20. The van der Waals surface area contributed by atoms with Gasteiger partial charge >= 0.3 is 6.03 Å². The van der Waals surface area contributed by atoms with Gasteiger partial charge in [-0.25, -0.2) is 14.5 Å².